The van der Waals surface area contributed by atoms with Crippen molar-refractivity contribution < 1.29 is 25.5 Å². The Balaban J connectivity index is 0.000000280. The van der Waals surface area contributed by atoms with E-state index in [1.165, 1.54) is 21.2 Å². The molecular formula is C10H9FeIO2S. The number of rotatable bonds is 1. The summed E-state index contributed by atoms with van der Waals surface area (Å²) >= 11 is 1.41. The fourth-order valence-corrected chi connectivity index (χ4v) is 2.20. The third kappa shape index (κ3) is 6.14. The molecule has 0 amide bonds. The second-order valence-electron chi connectivity index (χ2n) is 2.52. The van der Waals surface area contributed by atoms with Crippen LogP contribution in [0.4, 0.5) is 0 Å². The first-order valence-electron chi connectivity index (χ1n) is 3.94. The molecule has 2 aromatic carbocycles. The summed E-state index contributed by atoms with van der Waals surface area (Å²) < 4.78 is 21.4. The average Bonchev–Trinajstić information content (AvgIpc) is 2.80. The molecule has 82 valence electrons. The summed E-state index contributed by atoms with van der Waals surface area (Å²) in [5.74, 6) is 0. The summed E-state index contributed by atoms with van der Waals surface area (Å²) in [6.07, 6.45) is 0. The van der Waals surface area contributed by atoms with Crippen LogP contribution in [0, 0.1) is 0 Å². The van der Waals surface area contributed by atoms with Gasteiger partial charge in [-0.25, -0.2) is 32.7 Å². The molecule has 0 saturated carbocycles. The quantitative estimate of drug-likeness (QED) is 0.332. The van der Waals surface area contributed by atoms with Crippen molar-refractivity contribution in [2.45, 2.75) is 4.90 Å². The van der Waals surface area contributed by atoms with Crippen LogP contribution in [0.15, 0.2) is 59.5 Å². The topological polar surface area (TPSA) is 34.1 Å². The van der Waals surface area contributed by atoms with Gasteiger partial charge in [0, 0.05) is 0 Å². The van der Waals surface area contributed by atoms with E-state index in [0.717, 1.165) is 0 Å². The van der Waals surface area contributed by atoms with Crippen molar-refractivity contribution in [3.63, 3.8) is 0 Å². The second kappa shape index (κ2) is 7.22. The molecule has 0 fully saturated rings. The van der Waals surface area contributed by atoms with Gasteiger partial charge < -0.3 is 0 Å². The Labute approximate surface area is 112 Å². The Morgan fingerprint density at radius 2 is 1.47 bits per heavy atom. The van der Waals surface area contributed by atoms with Crippen molar-refractivity contribution in [3.8, 4) is 0 Å². The van der Waals surface area contributed by atoms with E-state index in [2.05, 4.69) is 0 Å². The first-order chi connectivity index (χ1) is 6.61. The van der Waals surface area contributed by atoms with Crippen LogP contribution in [0.25, 0.3) is 0 Å². The SMILES string of the molecule is O=S(=O)(I)[c-]1cccc1.[Fe+2].c1cc[cH-]c1. The van der Waals surface area contributed by atoms with E-state index in [0.29, 0.717) is 4.90 Å². The number of halogens is 1. The van der Waals surface area contributed by atoms with Gasteiger partial charge in [-0.3, -0.25) is 0 Å². The number of hydrogen-bond acceptors (Lipinski definition) is 2. The maximum absolute atomic E-state index is 10.7. The Hall–Kier alpha value is -0.101. The van der Waals surface area contributed by atoms with Crippen LogP contribution < -0.4 is 0 Å². The van der Waals surface area contributed by atoms with Crippen LogP contribution in [0.2, 0.25) is 0 Å². The summed E-state index contributed by atoms with van der Waals surface area (Å²) in [5, 5.41) is 0. The molecule has 0 atom stereocenters. The van der Waals surface area contributed by atoms with Crippen LogP contribution in [-0.2, 0) is 24.1 Å². The molecule has 2 aromatic rings. The maximum atomic E-state index is 10.7. The summed E-state index contributed by atoms with van der Waals surface area (Å²) in [4.78, 5) is 0.378. The van der Waals surface area contributed by atoms with Gasteiger partial charge in [0.2, 0.25) is 0 Å². The average molecular weight is 376 g/mol. The molecule has 0 unspecified atom stereocenters. The van der Waals surface area contributed by atoms with E-state index in [1.807, 2.05) is 30.3 Å². The molecule has 0 aromatic heterocycles. The van der Waals surface area contributed by atoms with Crippen LogP contribution in [0.3, 0.4) is 0 Å². The molecule has 0 aliphatic heterocycles. The minimum Gasteiger partial charge on any atom is -0.226 e. The molecule has 0 radical (unpaired) electrons. The van der Waals surface area contributed by atoms with Crippen molar-refractivity contribution >= 4 is 28.2 Å². The Kier molecular flexibility index (Phi) is 7.17. The Morgan fingerprint density at radius 1 is 1.00 bits per heavy atom. The zero-order chi connectivity index (χ0) is 10.4. The van der Waals surface area contributed by atoms with Gasteiger partial charge >= 0.3 is 17.1 Å². The first kappa shape index (κ1) is 14.9. The fraction of sp³-hybridized carbons (Fsp3) is 0. The molecule has 2 rings (SSSR count). The largest absolute Gasteiger partial charge is 2.00 e. The molecule has 5 heteroatoms. The van der Waals surface area contributed by atoms with E-state index in [9.17, 15) is 8.42 Å². The molecule has 0 spiro atoms. The molecular weight excluding hydrogens is 367 g/mol. The zero-order valence-electron chi connectivity index (χ0n) is 7.65. The summed E-state index contributed by atoms with van der Waals surface area (Å²) in [7, 11) is -2.99. The van der Waals surface area contributed by atoms with E-state index >= 15 is 0 Å². The number of hydrogen-bond donors (Lipinski definition) is 0. The standard InChI is InChI=1S/C5H4IO2S.C5H5.Fe/c6-9(7,8)5-3-1-2-4-5;1-2-4-5-3-1;/h1-4H;1-5H;/q2*-1;+2. The van der Waals surface area contributed by atoms with Crippen molar-refractivity contribution in [2.75, 3.05) is 0 Å². The molecule has 0 N–H and O–H groups in total. The zero-order valence-corrected chi connectivity index (χ0v) is 11.7. The minimum absolute atomic E-state index is 0. The fourth-order valence-electron chi connectivity index (χ4n) is 0.840. The van der Waals surface area contributed by atoms with Crippen LogP contribution in [-0.4, -0.2) is 8.42 Å². The Morgan fingerprint density at radius 3 is 1.67 bits per heavy atom. The second-order valence-corrected chi connectivity index (χ2v) is 7.35. The third-order valence-electron chi connectivity index (χ3n) is 1.47. The monoisotopic (exact) mass is 376 g/mol. The van der Waals surface area contributed by atoms with Gasteiger partial charge in [0.1, 0.15) is 0 Å². The van der Waals surface area contributed by atoms with E-state index < -0.39 is 7.01 Å². The smallest absolute Gasteiger partial charge is 0.226 e. The van der Waals surface area contributed by atoms with Crippen LogP contribution >= 0.6 is 21.2 Å². The molecule has 2 nitrogen and oxygen atoms in total. The van der Waals surface area contributed by atoms with Gasteiger partial charge in [-0.05, 0) is 4.90 Å². The first-order valence-corrected chi connectivity index (χ1v) is 7.96. The van der Waals surface area contributed by atoms with Crippen molar-refractivity contribution in [2.24, 2.45) is 0 Å². The van der Waals surface area contributed by atoms with Crippen LogP contribution in [0.1, 0.15) is 0 Å². The van der Waals surface area contributed by atoms with Crippen molar-refractivity contribution in [1.29, 1.82) is 0 Å². The summed E-state index contributed by atoms with van der Waals surface area (Å²) in [6.45, 7) is 0. The Bertz CT molecular complexity index is 415. The molecule has 0 aliphatic rings. The van der Waals surface area contributed by atoms with Crippen molar-refractivity contribution in [3.05, 3.63) is 54.6 Å². The predicted molar refractivity (Wildman–Crippen MR) is 65.3 cm³/mol. The van der Waals surface area contributed by atoms with E-state index in [1.54, 1.807) is 24.3 Å². The van der Waals surface area contributed by atoms with E-state index in [-0.39, 0.29) is 17.1 Å². The van der Waals surface area contributed by atoms with Crippen molar-refractivity contribution in [1.82, 2.24) is 0 Å². The van der Waals surface area contributed by atoms with Gasteiger partial charge in [-0.2, -0.15) is 30.3 Å². The normalized spacial score (nSPS) is 9.67. The molecule has 0 aliphatic carbocycles. The molecule has 0 bridgehead atoms. The summed E-state index contributed by atoms with van der Waals surface area (Å²) in [5.41, 5.74) is 0. The molecule has 0 saturated heterocycles. The summed E-state index contributed by atoms with van der Waals surface area (Å²) in [6, 6.07) is 16.5. The predicted octanol–water partition coefficient (Wildman–Crippen LogP) is 2.93. The minimum atomic E-state index is -2.99. The molecule has 15 heavy (non-hydrogen) atoms. The van der Waals surface area contributed by atoms with Crippen LogP contribution in [0.5, 0.6) is 0 Å². The molecule has 0 heterocycles. The van der Waals surface area contributed by atoms with Gasteiger partial charge in [-0.15, -0.1) is 0 Å². The van der Waals surface area contributed by atoms with Gasteiger partial charge in [-0.1, -0.05) is 0 Å². The maximum Gasteiger partial charge on any atom is 2.00 e. The third-order valence-corrected chi connectivity index (χ3v) is 3.83. The van der Waals surface area contributed by atoms with E-state index in [4.69, 9.17) is 0 Å². The van der Waals surface area contributed by atoms with Gasteiger partial charge in [0.05, 0.1) is 21.2 Å². The van der Waals surface area contributed by atoms with Gasteiger partial charge in [0.15, 0.2) is 7.01 Å². The van der Waals surface area contributed by atoms with Gasteiger partial charge in [0.25, 0.3) is 0 Å².